The Morgan fingerprint density at radius 1 is 1.00 bits per heavy atom. The van der Waals surface area contributed by atoms with Gasteiger partial charge < -0.3 is 15.2 Å². The Balaban J connectivity index is 0.00000363. The zero-order valence-corrected chi connectivity index (χ0v) is 18.7. The second kappa shape index (κ2) is 11.6. The minimum atomic E-state index is -4.72. The summed E-state index contributed by atoms with van der Waals surface area (Å²) in [7, 11) is 0. The van der Waals surface area contributed by atoms with Crippen molar-refractivity contribution in [2.75, 3.05) is 0 Å². The molecule has 0 aliphatic carbocycles. The molecule has 4 nitrogen and oxygen atoms in total. The second-order valence-electron chi connectivity index (χ2n) is 8.19. The fourth-order valence-electron chi connectivity index (χ4n) is 4.28. The van der Waals surface area contributed by atoms with Crippen LogP contribution in [0.25, 0.3) is 0 Å². The average Bonchev–Trinajstić information content (AvgIpc) is 2.75. The molecule has 0 bridgehead atoms. The highest BCUT2D eigenvalue weighted by molar-refractivity contribution is 5.85. The summed E-state index contributed by atoms with van der Waals surface area (Å²) in [6.45, 7) is 1.87. The van der Waals surface area contributed by atoms with Crippen LogP contribution in [-0.2, 0) is 22.4 Å². The molecular weight excluding hydrogens is 443 g/mol. The van der Waals surface area contributed by atoms with E-state index in [-0.39, 0.29) is 36.1 Å². The molecule has 2 aromatic rings. The number of hydrogen-bond donors (Lipinski definition) is 1. The number of benzene rings is 2. The second-order valence-corrected chi connectivity index (χ2v) is 8.19. The van der Waals surface area contributed by atoms with Gasteiger partial charge in [0.1, 0.15) is 17.9 Å². The van der Waals surface area contributed by atoms with Crippen LogP contribution in [0.3, 0.4) is 0 Å². The van der Waals surface area contributed by atoms with Crippen LogP contribution in [0.2, 0.25) is 0 Å². The molecular formula is C24H29ClF3NO3. The molecule has 3 rings (SSSR count). The lowest BCUT2D eigenvalue weighted by atomic mass is 9.77. The Labute approximate surface area is 192 Å². The Kier molecular flexibility index (Phi) is 9.40. The molecule has 1 aliphatic rings. The Morgan fingerprint density at radius 2 is 1.62 bits per heavy atom. The van der Waals surface area contributed by atoms with Crippen molar-refractivity contribution in [3.8, 4) is 5.75 Å². The Morgan fingerprint density at radius 3 is 2.25 bits per heavy atom. The number of ether oxygens (including phenoxy) is 2. The summed E-state index contributed by atoms with van der Waals surface area (Å²) in [5.41, 5.74) is 8.03. The zero-order valence-electron chi connectivity index (χ0n) is 17.9. The highest BCUT2D eigenvalue weighted by Gasteiger charge is 2.33. The van der Waals surface area contributed by atoms with E-state index in [1.54, 1.807) is 12.1 Å². The molecule has 8 heteroatoms. The predicted octanol–water partition coefficient (Wildman–Crippen LogP) is 5.47. The van der Waals surface area contributed by atoms with E-state index in [1.165, 1.54) is 17.7 Å². The van der Waals surface area contributed by atoms with Crippen molar-refractivity contribution >= 4 is 18.4 Å². The number of carbonyl (C=O) groups excluding carboxylic acids is 1. The molecule has 0 spiro atoms. The largest absolute Gasteiger partial charge is 0.573 e. The summed E-state index contributed by atoms with van der Waals surface area (Å²) >= 11 is 0. The van der Waals surface area contributed by atoms with Crippen molar-refractivity contribution < 1.29 is 27.4 Å². The number of esters is 1. The van der Waals surface area contributed by atoms with Gasteiger partial charge in [-0.2, -0.15) is 0 Å². The summed E-state index contributed by atoms with van der Waals surface area (Å²) < 4.78 is 47.0. The number of alkyl halides is 3. The average molecular weight is 472 g/mol. The molecule has 4 atom stereocenters. The SMILES string of the molecule is C[C@@H]1OC(=O)[C@@H](N)CCC[C@H](Cc2ccccc2)[C@H]1Cc1ccc(OC(F)(F)F)cc1.Cl. The van der Waals surface area contributed by atoms with Gasteiger partial charge in [0, 0.05) is 5.92 Å². The minimum Gasteiger partial charge on any atom is -0.461 e. The third-order valence-electron chi connectivity index (χ3n) is 5.87. The first-order valence-corrected chi connectivity index (χ1v) is 10.6. The van der Waals surface area contributed by atoms with Crippen LogP contribution in [0.4, 0.5) is 13.2 Å². The van der Waals surface area contributed by atoms with E-state index in [1.807, 2.05) is 25.1 Å². The quantitative estimate of drug-likeness (QED) is 0.587. The van der Waals surface area contributed by atoms with Gasteiger partial charge >= 0.3 is 12.3 Å². The molecule has 1 aliphatic heterocycles. The smallest absolute Gasteiger partial charge is 0.461 e. The van der Waals surface area contributed by atoms with Crippen molar-refractivity contribution in [3.63, 3.8) is 0 Å². The van der Waals surface area contributed by atoms with Gasteiger partial charge in [0.05, 0.1) is 0 Å². The minimum absolute atomic E-state index is 0. The molecule has 176 valence electrons. The Bertz CT molecular complexity index is 846. The maximum absolute atomic E-state index is 12.4. The number of halogens is 4. The van der Waals surface area contributed by atoms with Crippen molar-refractivity contribution in [1.82, 2.24) is 0 Å². The Hall–Kier alpha value is -2.25. The van der Waals surface area contributed by atoms with Gasteiger partial charge in [-0.05, 0) is 61.8 Å². The first-order valence-electron chi connectivity index (χ1n) is 10.6. The molecule has 1 saturated heterocycles. The molecule has 0 amide bonds. The van der Waals surface area contributed by atoms with E-state index in [0.717, 1.165) is 24.8 Å². The molecule has 32 heavy (non-hydrogen) atoms. The number of hydrogen-bond acceptors (Lipinski definition) is 4. The predicted molar refractivity (Wildman–Crippen MR) is 119 cm³/mol. The van der Waals surface area contributed by atoms with Gasteiger partial charge in [-0.3, -0.25) is 4.79 Å². The van der Waals surface area contributed by atoms with Crippen LogP contribution < -0.4 is 10.5 Å². The first-order chi connectivity index (χ1) is 14.7. The molecule has 0 saturated carbocycles. The molecule has 1 heterocycles. The summed E-state index contributed by atoms with van der Waals surface area (Å²) in [6.07, 6.45) is -1.39. The molecule has 2 N–H and O–H groups in total. The highest BCUT2D eigenvalue weighted by Crippen LogP contribution is 2.33. The number of carbonyl (C=O) groups is 1. The van der Waals surface area contributed by atoms with Gasteiger partial charge in [-0.15, -0.1) is 25.6 Å². The molecule has 0 radical (unpaired) electrons. The van der Waals surface area contributed by atoms with Crippen molar-refractivity contribution in [1.29, 1.82) is 0 Å². The number of cyclic esters (lactones) is 1. The van der Waals surface area contributed by atoms with Crippen LogP contribution in [-0.4, -0.2) is 24.5 Å². The molecule has 0 aromatic heterocycles. The van der Waals surface area contributed by atoms with E-state index in [9.17, 15) is 18.0 Å². The summed E-state index contributed by atoms with van der Waals surface area (Å²) in [6, 6.07) is 15.4. The first kappa shape index (κ1) is 26.0. The maximum Gasteiger partial charge on any atom is 0.573 e. The maximum atomic E-state index is 12.4. The van der Waals surface area contributed by atoms with Crippen LogP contribution in [0, 0.1) is 11.8 Å². The third-order valence-corrected chi connectivity index (χ3v) is 5.87. The lowest BCUT2D eigenvalue weighted by Crippen LogP contribution is -2.37. The summed E-state index contributed by atoms with van der Waals surface area (Å²) in [5.74, 6) is -0.408. The van der Waals surface area contributed by atoms with Crippen LogP contribution in [0.5, 0.6) is 5.75 Å². The van der Waals surface area contributed by atoms with E-state index in [4.69, 9.17) is 10.5 Å². The van der Waals surface area contributed by atoms with E-state index < -0.39 is 18.4 Å². The van der Waals surface area contributed by atoms with Crippen molar-refractivity contribution in [3.05, 3.63) is 65.7 Å². The van der Waals surface area contributed by atoms with E-state index >= 15 is 0 Å². The molecule has 0 unspecified atom stereocenters. The van der Waals surface area contributed by atoms with Crippen LogP contribution >= 0.6 is 12.4 Å². The number of rotatable bonds is 5. The van der Waals surface area contributed by atoms with Gasteiger partial charge in [-0.25, -0.2) is 0 Å². The molecule has 1 fully saturated rings. The highest BCUT2D eigenvalue weighted by atomic mass is 35.5. The lowest BCUT2D eigenvalue weighted by Gasteiger charge is -2.31. The lowest BCUT2D eigenvalue weighted by molar-refractivity contribution is -0.274. The van der Waals surface area contributed by atoms with E-state index in [0.29, 0.717) is 12.8 Å². The summed E-state index contributed by atoms with van der Waals surface area (Å²) in [5, 5.41) is 0. The summed E-state index contributed by atoms with van der Waals surface area (Å²) in [4.78, 5) is 12.3. The van der Waals surface area contributed by atoms with Crippen molar-refractivity contribution in [2.24, 2.45) is 17.6 Å². The van der Waals surface area contributed by atoms with Crippen LogP contribution in [0.1, 0.15) is 37.3 Å². The van der Waals surface area contributed by atoms with Gasteiger partial charge in [0.15, 0.2) is 0 Å². The fraction of sp³-hybridized carbons (Fsp3) is 0.458. The van der Waals surface area contributed by atoms with Gasteiger partial charge in [0.25, 0.3) is 0 Å². The van der Waals surface area contributed by atoms with Crippen molar-refractivity contribution in [2.45, 2.75) is 57.5 Å². The third kappa shape index (κ3) is 7.71. The van der Waals surface area contributed by atoms with Crippen LogP contribution in [0.15, 0.2) is 54.6 Å². The monoisotopic (exact) mass is 471 g/mol. The zero-order chi connectivity index (χ0) is 22.4. The topological polar surface area (TPSA) is 61.5 Å². The van der Waals surface area contributed by atoms with E-state index in [2.05, 4.69) is 16.9 Å². The fourth-order valence-corrected chi connectivity index (χ4v) is 4.28. The standard InChI is InChI=1S/C24H28F3NO3.ClH/c1-16-21(15-18-10-12-20(13-11-18)31-24(25,26)27)19(14-17-6-3-2-4-7-17)8-5-9-22(28)23(29)30-16;/h2-4,6-7,10-13,16,19,21-22H,5,8-9,14-15,28H2,1H3;1H/t16-,19+,21-,22-;/m0./s1. The molecule has 2 aromatic carbocycles. The van der Waals surface area contributed by atoms with Gasteiger partial charge in [-0.1, -0.05) is 48.9 Å². The van der Waals surface area contributed by atoms with Gasteiger partial charge in [0.2, 0.25) is 0 Å². The number of nitrogens with two attached hydrogens (primary N) is 1. The normalized spacial score (nSPS) is 24.3.